The summed E-state index contributed by atoms with van der Waals surface area (Å²) < 4.78 is 0. The third-order valence-corrected chi connectivity index (χ3v) is 3.88. The molecule has 0 saturated heterocycles. The predicted octanol–water partition coefficient (Wildman–Crippen LogP) is 1.88. The SMILES string of the molecule is CN(C)c1ccc(N(C)C(=O)C2CCCC2O)cc1. The molecule has 19 heavy (non-hydrogen) atoms. The van der Waals surface area contributed by atoms with Gasteiger partial charge in [-0.2, -0.15) is 0 Å². The first-order valence-electron chi connectivity index (χ1n) is 6.73. The molecule has 1 fully saturated rings. The topological polar surface area (TPSA) is 43.8 Å². The van der Waals surface area contributed by atoms with Gasteiger partial charge < -0.3 is 14.9 Å². The third kappa shape index (κ3) is 2.89. The average molecular weight is 262 g/mol. The van der Waals surface area contributed by atoms with Gasteiger partial charge in [-0.1, -0.05) is 0 Å². The van der Waals surface area contributed by atoms with Gasteiger partial charge in [0.1, 0.15) is 0 Å². The monoisotopic (exact) mass is 262 g/mol. The van der Waals surface area contributed by atoms with Crippen LogP contribution in [0.3, 0.4) is 0 Å². The van der Waals surface area contributed by atoms with E-state index in [-0.39, 0.29) is 11.8 Å². The molecule has 1 aliphatic rings. The fourth-order valence-corrected chi connectivity index (χ4v) is 2.58. The van der Waals surface area contributed by atoms with Crippen molar-refractivity contribution >= 4 is 17.3 Å². The van der Waals surface area contributed by atoms with Crippen LogP contribution in [0.25, 0.3) is 0 Å². The minimum absolute atomic E-state index is 0.0163. The van der Waals surface area contributed by atoms with Crippen molar-refractivity contribution < 1.29 is 9.90 Å². The lowest BCUT2D eigenvalue weighted by atomic mass is 10.0. The molecule has 1 aromatic carbocycles. The summed E-state index contributed by atoms with van der Waals surface area (Å²) in [5, 5.41) is 9.82. The van der Waals surface area contributed by atoms with Gasteiger partial charge in [0.05, 0.1) is 12.0 Å². The van der Waals surface area contributed by atoms with Gasteiger partial charge in [-0.15, -0.1) is 0 Å². The minimum atomic E-state index is -0.476. The quantitative estimate of drug-likeness (QED) is 0.904. The standard InChI is InChI=1S/C15H22N2O2/c1-16(2)11-7-9-12(10-8-11)17(3)15(19)13-5-4-6-14(13)18/h7-10,13-14,18H,4-6H2,1-3H3. The van der Waals surface area contributed by atoms with Crippen molar-refractivity contribution in [2.24, 2.45) is 5.92 Å². The van der Waals surface area contributed by atoms with E-state index in [0.717, 1.165) is 30.6 Å². The third-order valence-electron chi connectivity index (χ3n) is 3.88. The summed E-state index contributed by atoms with van der Waals surface area (Å²) in [6.45, 7) is 0. The Hall–Kier alpha value is -1.55. The molecule has 0 aliphatic heterocycles. The molecule has 1 aliphatic carbocycles. The molecule has 1 N–H and O–H groups in total. The van der Waals surface area contributed by atoms with Crippen molar-refractivity contribution in [3.8, 4) is 0 Å². The van der Waals surface area contributed by atoms with Crippen molar-refractivity contribution in [3.05, 3.63) is 24.3 Å². The molecular weight excluding hydrogens is 240 g/mol. The lowest BCUT2D eigenvalue weighted by molar-refractivity contribution is -0.124. The van der Waals surface area contributed by atoms with Crippen LogP contribution in [-0.2, 0) is 4.79 Å². The maximum atomic E-state index is 12.3. The van der Waals surface area contributed by atoms with Crippen LogP contribution in [0.2, 0.25) is 0 Å². The molecule has 1 aromatic rings. The van der Waals surface area contributed by atoms with E-state index in [9.17, 15) is 9.90 Å². The Morgan fingerprint density at radius 3 is 2.16 bits per heavy atom. The number of anilines is 2. The van der Waals surface area contributed by atoms with E-state index < -0.39 is 6.10 Å². The number of hydrogen-bond donors (Lipinski definition) is 1. The smallest absolute Gasteiger partial charge is 0.232 e. The van der Waals surface area contributed by atoms with Crippen molar-refractivity contribution in [2.45, 2.75) is 25.4 Å². The van der Waals surface area contributed by atoms with Crippen LogP contribution in [0.1, 0.15) is 19.3 Å². The molecule has 0 heterocycles. The highest BCUT2D eigenvalue weighted by atomic mass is 16.3. The number of carbonyl (C=O) groups excluding carboxylic acids is 1. The lowest BCUT2D eigenvalue weighted by Crippen LogP contribution is -2.36. The fraction of sp³-hybridized carbons (Fsp3) is 0.533. The molecule has 2 rings (SSSR count). The fourth-order valence-electron chi connectivity index (χ4n) is 2.58. The van der Waals surface area contributed by atoms with Gasteiger partial charge >= 0.3 is 0 Å². The first-order chi connectivity index (χ1) is 9.00. The Morgan fingerprint density at radius 1 is 1.11 bits per heavy atom. The Bertz CT molecular complexity index is 442. The number of carbonyl (C=O) groups is 1. The van der Waals surface area contributed by atoms with Gasteiger partial charge in [-0.3, -0.25) is 4.79 Å². The number of aliphatic hydroxyl groups is 1. The van der Waals surface area contributed by atoms with Crippen molar-refractivity contribution in [2.75, 3.05) is 30.9 Å². The second-order valence-electron chi connectivity index (χ2n) is 5.41. The number of nitrogens with zero attached hydrogens (tertiary/aromatic N) is 2. The Labute approximate surface area is 114 Å². The summed E-state index contributed by atoms with van der Waals surface area (Å²) in [5.41, 5.74) is 1.97. The molecule has 0 bridgehead atoms. The van der Waals surface area contributed by atoms with Crippen LogP contribution in [-0.4, -0.2) is 38.3 Å². The lowest BCUT2D eigenvalue weighted by Gasteiger charge is -2.23. The summed E-state index contributed by atoms with van der Waals surface area (Å²) in [6, 6.07) is 7.86. The van der Waals surface area contributed by atoms with Gasteiger partial charge in [0.2, 0.25) is 5.91 Å². The molecule has 4 heteroatoms. The van der Waals surface area contributed by atoms with Crippen LogP contribution in [0.5, 0.6) is 0 Å². The Kier molecular flexibility index (Phi) is 4.10. The molecule has 1 amide bonds. The van der Waals surface area contributed by atoms with Gasteiger partial charge in [0, 0.05) is 32.5 Å². The molecule has 1 saturated carbocycles. The summed E-state index contributed by atoms with van der Waals surface area (Å²) >= 11 is 0. The highest BCUT2D eigenvalue weighted by molar-refractivity contribution is 5.95. The number of benzene rings is 1. The maximum Gasteiger partial charge on any atom is 0.232 e. The molecule has 104 valence electrons. The summed E-state index contributed by atoms with van der Waals surface area (Å²) in [6.07, 6.45) is 1.99. The van der Waals surface area contributed by atoms with Crippen molar-refractivity contribution in [1.82, 2.24) is 0 Å². The second kappa shape index (κ2) is 5.61. The summed E-state index contributed by atoms with van der Waals surface area (Å²) in [7, 11) is 5.75. The largest absolute Gasteiger partial charge is 0.392 e. The van der Waals surface area contributed by atoms with Crippen LogP contribution in [0.4, 0.5) is 11.4 Å². The first-order valence-corrected chi connectivity index (χ1v) is 6.73. The second-order valence-corrected chi connectivity index (χ2v) is 5.41. The van der Waals surface area contributed by atoms with E-state index in [4.69, 9.17) is 0 Å². The van der Waals surface area contributed by atoms with Gasteiger partial charge in [0.25, 0.3) is 0 Å². The van der Waals surface area contributed by atoms with Crippen LogP contribution >= 0.6 is 0 Å². The molecule has 2 atom stereocenters. The molecule has 0 spiro atoms. The van der Waals surface area contributed by atoms with E-state index in [1.807, 2.05) is 43.3 Å². The zero-order valence-corrected chi connectivity index (χ0v) is 11.8. The zero-order chi connectivity index (χ0) is 14.0. The van der Waals surface area contributed by atoms with Crippen LogP contribution < -0.4 is 9.80 Å². The van der Waals surface area contributed by atoms with Crippen molar-refractivity contribution in [3.63, 3.8) is 0 Å². The highest BCUT2D eigenvalue weighted by Gasteiger charge is 2.33. The van der Waals surface area contributed by atoms with Crippen molar-refractivity contribution in [1.29, 1.82) is 0 Å². The Balaban J connectivity index is 2.10. The van der Waals surface area contributed by atoms with E-state index in [1.54, 1.807) is 11.9 Å². The van der Waals surface area contributed by atoms with Gasteiger partial charge in [0.15, 0.2) is 0 Å². The van der Waals surface area contributed by atoms with E-state index >= 15 is 0 Å². The molecular formula is C15H22N2O2. The van der Waals surface area contributed by atoms with Gasteiger partial charge in [-0.25, -0.2) is 0 Å². The van der Waals surface area contributed by atoms with E-state index in [2.05, 4.69) is 0 Å². The predicted molar refractivity (Wildman–Crippen MR) is 77.5 cm³/mol. The van der Waals surface area contributed by atoms with E-state index in [1.165, 1.54) is 0 Å². The Morgan fingerprint density at radius 2 is 1.68 bits per heavy atom. The summed E-state index contributed by atoms with van der Waals surface area (Å²) in [5.74, 6) is -0.221. The molecule has 2 unspecified atom stereocenters. The highest BCUT2D eigenvalue weighted by Crippen LogP contribution is 2.29. The summed E-state index contributed by atoms with van der Waals surface area (Å²) in [4.78, 5) is 16.0. The molecule has 4 nitrogen and oxygen atoms in total. The molecule has 0 radical (unpaired) electrons. The van der Waals surface area contributed by atoms with Gasteiger partial charge in [-0.05, 0) is 43.5 Å². The van der Waals surface area contributed by atoms with E-state index in [0.29, 0.717) is 0 Å². The number of rotatable bonds is 3. The number of aliphatic hydroxyl groups excluding tert-OH is 1. The normalized spacial score (nSPS) is 22.3. The first kappa shape index (κ1) is 13.9. The van der Waals surface area contributed by atoms with Crippen LogP contribution in [0.15, 0.2) is 24.3 Å². The zero-order valence-electron chi connectivity index (χ0n) is 11.8. The van der Waals surface area contributed by atoms with Crippen LogP contribution in [0, 0.1) is 5.92 Å². The number of amides is 1. The maximum absolute atomic E-state index is 12.3. The number of hydrogen-bond acceptors (Lipinski definition) is 3. The minimum Gasteiger partial charge on any atom is -0.392 e. The molecule has 0 aromatic heterocycles. The average Bonchev–Trinajstić information content (AvgIpc) is 2.83.